The molecule has 0 aliphatic carbocycles. The van der Waals surface area contributed by atoms with Gasteiger partial charge in [0.25, 0.3) is 0 Å². The van der Waals surface area contributed by atoms with Gasteiger partial charge in [-0.05, 0) is 25.2 Å². The molecule has 1 aliphatic rings. The number of nitrogens with zero attached hydrogens (tertiary/aromatic N) is 1. The summed E-state index contributed by atoms with van der Waals surface area (Å²) in [5.41, 5.74) is 0. The molecule has 104 valence electrons. The van der Waals surface area contributed by atoms with Crippen molar-refractivity contribution in [1.29, 1.82) is 0 Å². The number of hydrogen-bond acceptors (Lipinski definition) is 3. The third kappa shape index (κ3) is 4.52. The van der Waals surface area contributed by atoms with E-state index < -0.39 is 11.9 Å². The molecule has 0 aromatic carbocycles. The minimum absolute atomic E-state index is 0.111. The number of carbonyl (C=O) groups is 2. The highest BCUT2D eigenvalue weighted by atomic mass is 16.4. The van der Waals surface area contributed by atoms with Crippen molar-refractivity contribution < 1.29 is 19.8 Å². The van der Waals surface area contributed by atoms with Crippen LogP contribution in [0.25, 0.3) is 0 Å². The topological polar surface area (TPSA) is 89.9 Å². The lowest BCUT2D eigenvalue weighted by molar-refractivity contribution is -0.141. The van der Waals surface area contributed by atoms with E-state index in [1.54, 1.807) is 11.8 Å². The average molecular weight is 258 g/mol. The Balaban J connectivity index is 2.26. The number of hydrogen-bond donors (Lipinski definition) is 3. The number of aliphatic carboxylic acids is 1. The van der Waals surface area contributed by atoms with E-state index >= 15 is 0 Å². The number of carboxylic acid groups (broad SMARTS) is 1. The molecular weight excluding hydrogens is 236 g/mol. The number of piperidine rings is 1. The molecule has 1 aliphatic heterocycles. The first-order valence-corrected chi connectivity index (χ1v) is 6.41. The highest BCUT2D eigenvalue weighted by Crippen LogP contribution is 2.15. The summed E-state index contributed by atoms with van der Waals surface area (Å²) in [5, 5.41) is 20.5. The molecule has 0 bridgehead atoms. The molecule has 1 heterocycles. The number of carboxylic acids is 1. The third-order valence-electron chi connectivity index (χ3n) is 3.34. The zero-order chi connectivity index (χ0) is 13.5. The Morgan fingerprint density at radius 3 is 2.83 bits per heavy atom. The first-order chi connectivity index (χ1) is 8.54. The van der Waals surface area contributed by atoms with Crippen LogP contribution in [0.15, 0.2) is 0 Å². The van der Waals surface area contributed by atoms with E-state index in [0.29, 0.717) is 26.1 Å². The SMILES string of the molecule is CC(CCNC(=O)N1CCCC(CO)C1)C(=O)O. The van der Waals surface area contributed by atoms with Gasteiger partial charge in [0.15, 0.2) is 0 Å². The second-order valence-electron chi connectivity index (χ2n) is 4.90. The molecule has 0 aromatic heterocycles. The van der Waals surface area contributed by atoms with Crippen molar-refractivity contribution >= 4 is 12.0 Å². The summed E-state index contributed by atoms with van der Waals surface area (Å²) >= 11 is 0. The van der Waals surface area contributed by atoms with Crippen LogP contribution in [0.2, 0.25) is 0 Å². The van der Waals surface area contributed by atoms with Gasteiger partial charge in [0.1, 0.15) is 0 Å². The fourth-order valence-corrected chi connectivity index (χ4v) is 2.03. The Labute approximate surface area is 107 Å². The van der Waals surface area contributed by atoms with Crippen molar-refractivity contribution in [3.05, 3.63) is 0 Å². The molecule has 0 spiro atoms. The molecule has 6 nitrogen and oxygen atoms in total. The molecular formula is C12H22N2O4. The maximum Gasteiger partial charge on any atom is 0.317 e. The summed E-state index contributed by atoms with van der Waals surface area (Å²) in [6, 6.07) is -0.161. The predicted molar refractivity (Wildman–Crippen MR) is 66.2 cm³/mol. The molecule has 3 N–H and O–H groups in total. The summed E-state index contributed by atoms with van der Waals surface area (Å²) < 4.78 is 0. The fraction of sp³-hybridized carbons (Fsp3) is 0.833. The number of carbonyl (C=O) groups excluding carboxylic acids is 1. The number of aliphatic hydroxyl groups is 1. The first kappa shape index (κ1) is 14.8. The lowest BCUT2D eigenvalue weighted by atomic mass is 9.99. The zero-order valence-electron chi connectivity index (χ0n) is 10.8. The van der Waals surface area contributed by atoms with Gasteiger partial charge in [0.2, 0.25) is 0 Å². The van der Waals surface area contributed by atoms with Gasteiger partial charge in [0.05, 0.1) is 5.92 Å². The second kappa shape index (κ2) is 7.20. The van der Waals surface area contributed by atoms with Crippen LogP contribution < -0.4 is 5.32 Å². The predicted octanol–water partition coefficient (Wildman–Crippen LogP) is 0.511. The third-order valence-corrected chi connectivity index (χ3v) is 3.34. The molecule has 0 saturated carbocycles. The van der Waals surface area contributed by atoms with Crippen LogP contribution in [0.5, 0.6) is 0 Å². The van der Waals surface area contributed by atoms with Gasteiger partial charge in [-0.25, -0.2) is 4.79 Å². The van der Waals surface area contributed by atoms with Crippen LogP contribution in [-0.4, -0.2) is 53.4 Å². The summed E-state index contributed by atoms with van der Waals surface area (Å²) in [7, 11) is 0. The normalized spacial score (nSPS) is 21.4. The summed E-state index contributed by atoms with van der Waals surface area (Å²) in [6.45, 7) is 3.39. The number of amides is 2. The number of aliphatic hydroxyl groups excluding tert-OH is 1. The van der Waals surface area contributed by atoms with Gasteiger partial charge >= 0.3 is 12.0 Å². The van der Waals surface area contributed by atoms with E-state index in [-0.39, 0.29) is 18.6 Å². The van der Waals surface area contributed by atoms with Crippen LogP contribution in [0.1, 0.15) is 26.2 Å². The van der Waals surface area contributed by atoms with E-state index in [0.717, 1.165) is 12.8 Å². The van der Waals surface area contributed by atoms with Crippen LogP contribution in [-0.2, 0) is 4.79 Å². The van der Waals surface area contributed by atoms with Crippen molar-refractivity contribution in [2.24, 2.45) is 11.8 Å². The van der Waals surface area contributed by atoms with E-state index in [1.807, 2.05) is 0 Å². The molecule has 6 heteroatoms. The van der Waals surface area contributed by atoms with Crippen LogP contribution in [0.3, 0.4) is 0 Å². The molecule has 18 heavy (non-hydrogen) atoms. The second-order valence-corrected chi connectivity index (χ2v) is 4.90. The molecule has 0 radical (unpaired) electrons. The quantitative estimate of drug-likeness (QED) is 0.670. The smallest absolute Gasteiger partial charge is 0.317 e. The van der Waals surface area contributed by atoms with Crippen molar-refractivity contribution in [3.8, 4) is 0 Å². The largest absolute Gasteiger partial charge is 0.481 e. The van der Waals surface area contributed by atoms with Crippen LogP contribution in [0, 0.1) is 11.8 Å². The van der Waals surface area contributed by atoms with Crippen LogP contribution in [0.4, 0.5) is 4.79 Å². The van der Waals surface area contributed by atoms with Gasteiger partial charge in [-0.3, -0.25) is 4.79 Å². The maximum absolute atomic E-state index is 11.8. The summed E-state index contributed by atoms with van der Waals surface area (Å²) in [5.74, 6) is -1.12. The Hall–Kier alpha value is -1.30. The molecule has 1 fully saturated rings. The van der Waals surface area contributed by atoms with Gasteiger partial charge in [-0.2, -0.15) is 0 Å². The highest BCUT2D eigenvalue weighted by Gasteiger charge is 2.23. The van der Waals surface area contributed by atoms with Crippen molar-refractivity contribution in [2.75, 3.05) is 26.2 Å². The van der Waals surface area contributed by atoms with E-state index in [9.17, 15) is 9.59 Å². The summed E-state index contributed by atoms with van der Waals surface area (Å²) in [6.07, 6.45) is 2.29. The monoisotopic (exact) mass is 258 g/mol. The molecule has 1 rings (SSSR count). The van der Waals surface area contributed by atoms with Gasteiger partial charge in [-0.1, -0.05) is 6.92 Å². The number of likely N-dealkylation sites (tertiary alicyclic amines) is 1. The molecule has 2 unspecified atom stereocenters. The molecule has 2 atom stereocenters. The number of rotatable bonds is 5. The fourth-order valence-electron chi connectivity index (χ4n) is 2.03. The first-order valence-electron chi connectivity index (χ1n) is 6.41. The molecule has 2 amide bonds. The minimum atomic E-state index is -0.845. The molecule has 1 saturated heterocycles. The van der Waals surface area contributed by atoms with Crippen LogP contribution >= 0.6 is 0 Å². The standard InChI is InChI=1S/C12H22N2O4/c1-9(11(16)17)4-5-13-12(18)14-6-2-3-10(7-14)8-15/h9-10,15H,2-8H2,1H3,(H,13,18)(H,16,17). The summed E-state index contributed by atoms with van der Waals surface area (Å²) in [4.78, 5) is 24.1. The molecule has 0 aromatic rings. The lowest BCUT2D eigenvalue weighted by Crippen LogP contribution is -2.46. The van der Waals surface area contributed by atoms with Crippen molar-refractivity contribution in [3.63, 3.8) is 0 Å². The maximum atomic E-state index is 11.8. The Morgan fingerprint density at radius 2 is 2.22 bits per heavy atom. The van der Waals surface area contributed by atoms with Gasteiger partial charge in [-0.15, -0.1) is 0 Å². The van der Waals surface area contributed by atoms with E-state index in [2.05, 4.69) is 5.32 Å². The van der Waals surface area contributed by atoms with Gasteiger partial charge < -0.3 is 20.4 Å². The number of urea groups is 1. The Kier molecular flexibility index (Phi) is 5.91. The Bertz CT molecular complexity index is 296. The van der Waals surface area contributed by atoms with Crippen molar-refractivity contribution in [1.82, 2.24) is 10.2 Å². The number of nitrogens with one attached hydrogen (secondary N) is 1. The average Bonchev–Trinajstić information content (AvgIpc) is 2.38. The lowest BCUT2D eigenvalue weighted by Gasteiger charge is -2.31. The van der Waals surface area contributed by atoms with Crippen molar-refractivity contribution in [2.45, 2.75) is 26.2 Å². The van der Waals surface area contributed by atoms with Gasteiger partial charge in [0, 0.05) is 26.2 Å². The Morgan fingerprint density at radius 1 is 1.50 bits per heavy atom. The van der Waals surface area contributed by atoms with E-state index in [1.165, 1.54) is 0 Å². The highest BCUT2D eigenvalue weighted by molar-refractivity contribution is 5.74. The minimum Gasteiger partial charge on any atom is -0.481 e. The zero-order valence-corrected chi connectivity index (χ0v) is 10.8. The van der Waals surface area contributed by atoms with E-state index in [4.69, 9.17) is 10.2 Å².